The van der Waals surface area contributed by atoms with Gasteiger partial charge in [-0.3, -0.25) is 0 Å². The number of alkyl halides is 1. The lowest BCUT2D eigenvalue weighted by atomic mass is 9.91. The Balaban J connectivity index is 2.33. The van der Waals surface area contributed by atoms with E-state index < -0.39 is 0 Å². The first-order valence-corrected chi connectivity index (χ1v) is 5.16. The maximum atomic E-state index is 5.40. The standard InChI is InChI=1S/C8H15BrO2/c1-2-10-6-8(5-9)3-4-11-7-8/h2-7H2,1H3. The SMILES string of the molecule is CCOCC1(CBr)CCOC1. The van der Waals surface area contributed by atoms with Gasteiger partial charge in [0.25, 0.3) is 0 Å². The summed E-state index contributed by atoms with van der Waals surface area (Å²) in [7, 11) is 0. The van der Waals surface area contributed by atoms with E-state index in [1.807, 2.05) is 6.92 Å². The fourth-order valence-electron chi connectivity index (χ4n) is 1.23. The van der Waals surface area contributed by atoms with Crippen LogP contribution in [-0.2, 0) is 9.47 Å². The highest BCUT2D eigenvalue weighted by atomic mass is 79.9. The summed E-state index contributed by atoms with van der Waals surface area (Å²) in [4.78, 5) is 0. The van der Waals surface area contributed by atoms with E-state index in [4.69, 9.17) is 9.47 Å². The molecule has 1 fully saturated rings. The predicted molar refractivity (Wildman–Crippen MR) is 48.2 cm³/mol. The van der Waals surface area contributed by atoms with Crippen LogP contribution >= 0.6 is 15.9 Å². The predicted octanol–water partition coefficient (Wildman–Crippen LogP) is 1.82. The zero-order valence-electron chi connectivity index (χ0n) is 6.94. The van der Waals surface area contributed by atoms with Crippen molar-refractivity contribution < 1.29 is 9.47 Å². The van der Waals surface area contributed by atoms with Crippen molar-refractivity contribution in [3.05, 3.63) is 0 Å². The van der Waals surface area contributed by atoms with Crippen LogP contribution in [0.5, 0.6) is 0 Å². The van der Waals surface area contributed by atoms with Crippen LogP contribution in [-0.4, -0.2) is 31.8 Å². The van der Waals surface area contributed by atoms with Gasteiger partial charge in [0.05, 0.1) is 13.2 Å². The summed E-state index contributed by atoms with van der Waals surface area (Å²) < 4.78 is 10.7. The Bertz CT molecular complexity index is 111. The maximum absolute atomic E-state index is 5.40. The first-order valence-electron chi connectivity index (χ1n) is 4.04. The van der Waals surface area contributed by atoms with Gasteiger partial charge in [-0.1, -0.05) is 15.9 Å². The summed E-state index contributed by atoms with van der Waals surface area (Å²) in [6.45, 7) is 5.39. The number of rotatable bonds is 4. The van der Waals surface area contributed by atoms with Crippen LogP contribution in [0.4, 0.5) is 0 Å². The van der Waals surface area contributed by atoms with Gasteiger partial charge < -0.3 is 9.47 Å². The van der Waals surface area contributed by atoms with Gasteiger partial charge in [0.1, 0.15) is 0 Å². The molecule has 1 atom stereocenters. The number of ether oxygens (including phenoxy) is 2. The van der Waals surface area contributed by atoms with Crippen LogP contribution in [0.15, 0.2) is 0 Å². The van der Waals surface area contributed by atoms with Crippen molar-refractivity contribution in [2.75, 3.05) is 31.8 Å². The topological polar surface area (TPSA) is 18.5 Å². The molecule has 1 saturated heterocycles. The molecule has 0 aromatic rings. The maximum Gasteiger partial charge on any atom is 0.0553 e. The van der Waals surface area contributed by atoms with Crippen LogP contribution < -0.4 is 0 Å². The van der Waals surface area contributed by atoms with Crippen molar-refractivity contribution in [3.8, 4) is 0 Å². The molecule has 3 heteroatoms. The Morgan fingerprint density at radius 3 is 2.91 bits per heavy atom. The first-order chi connectivity index (χ1) is 5.33. The summed E-state index contributed by atoms with van der Waals surface area (Å²) in [6.07, 6.45) is 1.12. The quantitative estimate of drug-likeness (QED) is 0.677. The Morgan fingerprint density at radius 1 is 1.64 bits per heavy atom. The largest absolute Gasteiger partial charge is 0.381 e. The molecule has 0 aromatic carbocycles. The third-order valence-corrected chi connectivity index (χ3v) is 3.27. The molecule has 0 amide bonds. The van der Waals surface area contributed by atoms with E-state index in [0.29, 0.717) is 0 Å². The summed E-state index contributed by atoms with van der Waals surface area (Å²) in [5.41, 5.74) is 0.260. The highest BCUT2D eigenvalue weighted by Crippen LogP contribution is 2.30. The molecular weight excluding hydrogens is 208 g/mol. The van der Waals surface area contributed by atoms with Crippen molar-refractivity contribution in [1.29, 1.82) is 0 Å². The van der Waals surface area contributed by atoms with E-state index >= 15 is 0 Å². The van der Waals surface area contributed by atoms with Gasteiger partial charge in [-0.25, -0.2) is 0 Å². The Hall–Kier alpha value is 0.400. The molecule has 1 unspecified atom stereocenters. The fourth-order valence-corrected chi connectivity index (χ4v) is 1.83. The molecule has 0 aromatic heterocycles. The molecule has 1 aliphatic heterocycles. The van der Waals surface area contributed by atoms with Gasteiger partial charge in [0, 0.05) is 24.0 Å². The van der Waals surface area contributed by atoms with E-state index in [0.717, 1.165) is 38.2 Å². The van der Waals surface area contributed by atoms with Gasteiger partial charge in [-0.15, -0.1) is 0 Å². The van der Waals surface area contributed by atoms with Gasteiger partial charge in [0.15, 0.2) is 0 Å². The van der Waals surface area contributed by atoms with Gasteiger partial charge in [0.2, 0.25) is 0 Å². The summed E-state index contributed by atoms with van der Waals surface area (Å²) in [5, 5.41) is 0.986. The van der Waals surface area contributed by atoms with Gasteiger partial charge in [-0.05, 0) is 13.3 Å². The second-order valence-corrected chi connectivity index (χ2v) is 3.63. The highest BCUT2D eigenvalue weighted by Gasteiger charge is 2.33. The van der Waals surface area contributed by atoms with E-state index in [2.05, 4.69) is 15.9 Å². The van der Waals surface area contributed by atoms with Crippen LogP contribution in [0.1, 0.15) is 13.3 Å². The summed E-state index contributed by atoms with van der Waals surface area (Å²) in [5.74, 6) is 0. The van der Waals surface area contributed by atoms with Crippen LogP contribution in [0.3, 0.4) is 0 Å². The molecule has 0 spiro atoms. The van der Waals surface area contributed by atoms with E-state index in [-0.39, 0.29) is 5.41 Å². The Kier molecular flexibility index (Phi) is 3.82. The Labute approximate surface area is 76.4 Å². The zero-order chi connectivity index (χ0) is 8.16. The minimum Gasteiger partial charge on any atom is -0.381 e. The first kappa shape index (κ1) is 9.49. The zero-order valence-corrected chi connectivity index (χ0v) is 8.52. The molecule has 0 saturated carbocycles. The highest BCUT2D eigenvalue weighted by molar-refractivity contribution is 9.09. The lowest BCUT2D eigenvalue weighted by Crippen LogP contribution is -2.29. The van der Waals surface area contributed by atoms with Crippen molar-refractivity contribution in [1.82, 2.24) is 0 Å². The molecule has 0 bridgehead atoms. The molecule has 0 N–H and O–H groups in total. The second kappa shape index (κ2) is 4.43. The monoisotopic (exact) mass is 222 g/mol. The van der Waals surface area contributed by atoms with E-state index in [1.54, 1.807) is 0 Å². The average Bonchev–Trinajstić information content (AvgIpc) is 2.50. The van der Waals surface area contributed by atoms with Crippen LogP contribution in [0.2, 0.25) is 0 Å². The molecule has 1 aliphatic rings. The van der Waals surface area contributed by atoms with E-state index in [1.165, 1.54) is 0 Å². The lowest BCUT2D eigenvalue weighted by molar-refractivity contribution is 0.0537. The van der Waals surface area contributed by atoms with Crippen LogP contribution in [0.25, 0.3) is 0 Å². The minimum absolute atomic E-state index is 0.260. The molecule has 66 valence electrons. The normalized spacial score (nSPS) is 31.1. The van der Waals surface area contributed by atoms with Gasteiger partial charge in [-0.2, -0.15) is 0 Å². The molecule has 1 rings (SSSR count). The number of hydrogen-bond acceptors (Lipinski definition) is 2. The number of hydrogen-bond donors (Lipinski definition) is 0. The lowest BCUT2D eigenvalue weighted by Gasteiger charge is -2.23. The smallest absolute Gasteiger partial charge is 0.0553 e. The Morgan fingerprint density at radius 2 is 2.45 bits per heavy atom. The van der Waals surface area contributed by atoms with E-state index in [9.17, 15) is 0 Å². The summed E-state index contributed by atoms with van der Waals surface area (Å²) >= 11 is 3.50. The molecule has 0 radical (unpaired) electrons. The third-order valence-electron chi connectivity index (χ3n) is 2.08. The van der Waals surface area contributed by atoms with Crippen LogP contribution in [0, 0.1) is 5.41 Å². The van der Waals surface area contributed by atoms with Gasteiger partial charge >= 0.3 is 0 Å². The number of halogens is 1. The molecule has 0 aliphatic carbocycles. The molecular formula is C8H15BrO2. The minimum atomic E-state index is 0.260. The van der Waals surface area contributed by atoms with Crippen molar-refractivity contribution in [2.24, 2.45) is 5.41 Å². The molecule has 1 heterocycles. The second-order valence-electron chi connectivity index (χ2n) is 3.07. The average molecular weight is 223 g/mol. The molecule has 2 nitrogen and oxygen atoms in total. The third kappa shape index (κ3) is 2.42. The molecule has 11 heavy (non-hydrogen) atoms. The fraction of sp³-hybridized carbons (Fsp3) is 1.00. The van der Waals surface area contributed by atoms with Crippen molar-refractivity contribution in [2.45, 2.75) is 13.3 Å². The van der Waals surface area contributed by atoms with Crippen molar-refractivity contribution in [3.63, 3.8) is 0 Å². The summed E-state index contributed by atoms with van der Waals surface area (Å²) in [6, 6.07) is 0. The van der Waals surface area contributed by atoms with Crippen molar-refractivity contribution >= 4 is 15.9 Å².